The molecule has 10 nitrogen and oxygen atoms in total. The molecule has 0 spiro atoms. The number of urea groups is 1. The van der Waals surface area contributed by atoms with Crippen LogP contribution in [0.25, 0.3) is 10.8 Å². The minimum Gasteiger partial charge on any atom is -0.329 e. The van der Waals surface area contributed by atoms with E-state index in [9.17, 15) is 19.2 Å². The Bertz CT molecular complexity index is 1250. The summed E-state index contributed by atoms with van der Waals surface area (Å²) in [6.07, 6.45) is 2.68. The fourth-order valence-electron chi connectivity index (χ4n) is 3.35. The van der Waals surface area contributed by atoms with Gasteiger partial charge >= 0.3 is 6.03 Å². The second-order valence-corrected chi connectivity index (χ2v) is 7.81. The number of hydrazine groups is 1. The highest BCUT2D eigenvalue weighted by Crippen LogP contribution is 2.13. The van der Waals surface area contributed by atoms with Gasteiger partial charge in [-0.1, -0.05) is 50.1 Å². The van der Waals surface area contributed by atoms with E-state index in [-0.39, 0.29) is 17.8 Å². The molecule has 3 rings (SSSR count). The number of nitrogens with zero attached hydrogens (tertiary/aromatic N) is 2. The van der Waals surface area contributed by atoms with E-state index in [0.717, 1.165) is 24.8 Å². The number of hydrogen-bond donors (Lipinski definition) is 4. The first-order valence-corrected chi connectivity index (χ1v) is 11.1. The number of aryl methyl sites for hydroxylation is 2. The Morgan fingerprint density at radius 3 is 2.47 bits per heavy atom. The van der Waals surface area contributed by atoms with Gasteiger partial charge in [0, 0.05) is 17.6 Å². The summed E-state index contributed by atoms with van der Waals surface area (Å²) in [6, 6.07) is 13.4. The molecule has 4 N–H and O–H groups in total. The third-order valence-electron chi connectivity index (χ3n) is 5.06. The fraction of sp³-hybridized carbons (Fsp3) is 0.292. The van der Waals surface area contributed by atoms with Gasteiger partial charge in [-0.25, -0.2) is 9.48 Å². The molecule has 0 saturated carbocycles. The summed E-state index contributed by atoms with van der Waals surface area (Å²) in [7, 11) is 0. The molecule has 34 heavy (non-hydrogen) atoms. The van der Waals surface area contributed by atoms with E-state index < -0.39 is 17.8 Å². The van der Waals surface area contributed by atoms with Crippen molar-refractivity contribution in [3.05, 3.63) is 70.1 Å². The van der Waals surface area contributed by atoms with Crippen LogP contribution >= 0.6 is 0 Å². The second-order valence-electron chi connectivity index (χ2n) is 7.81. The minimum atomic E-state index is -0.669. The van der Waals surface area contributed by atoms with E-state index in [4.69, 9.17) is 0 Å². The number of carbonyl (C=O) groups excluding carboxylic acids is 3. The third-order valence-corrected chi connectivity index (χ3v) is 5.06. The SMILES string of the molecule is CCCCCn1nc(C(=O)NNC(=O)CNC(=O)Nc2cccc(C)c2)c2ccccc2c1=O. The lowest BCUT2D eigenvalue weighted by Gasteiger charge is -2.12. The van der Waals surface area contributed by atoms with E-state index >= 15 is 0 Å². The molecule has 1 aromatic heterocycles. The van der Waals surface area contributed by atoms with Crippen LogP contribution in [0.1, 0.15) is 42.2 Å². The molecule has 1 heterocycles. The van der Waals surface area contributed by atoms with Gasteiger partial charge in [0.1, 0.15) is 6.54 Å². The number of fused-ring (bicyclic) bond motifs is 1. The zero-order valence-electron chi connectivity index (χ0n) is 19.2. The summed E-state index contributed by atoms with van der Waals surface area (Å²) >= 11 is 0. The van der Waals surface area contributed by atoms with Crippen molar-refractivity contribution < 1.29 is 14.4 Å². The van der Waals surface area contributed by atoms with E-state index in [0.29, 0.717) is 23.0 Å². The van der Waals surface area contributed by atoms with E-state index in [2.05, 4.69) is 33.5 Å². The zero-order chi connectivity index (χ0) is 24.5. The van der Waals surface area contributed by atoms with Crippen molar-refractivity contribution in [1.82, 2.24) is 25.9 Å². The lowest BCUT2D eigenvalue weighted by Crippen LogP contribution is -2.47. The summed E-state index contributed by atoms with van der Waals surface area (Å²) in [5, 5.41) is 10.0. The van der Waals surface area contributed by atoms with Crippen molar-refractivity contribution in [3.63, 3.8) is 0 Å². The highest BCUT2D eigenvalue weighted by Gasteiger charge is 2.17. The molecule has 0 atom stereocenters. The second kappa shape index (κ2) is 11.6. The van der Waals surface area contributed by atoms with Gasteiger partial charge < -0.3 is 10.6 Å². The standard InChI is InChI=1S/C24H28N6O4/c1-3-4-7-13-30-23(33)19-12-6-5-11-18(19)21(29-30)22(32)28-27-20(31)15-25-24(34)26-17-10-8-9-16(2)14-17/h5-6,8-12,14H,3-4,7,13,15H2,1-2H3,(H,27,31)(H,28,32)(H2,25,26,34). The number of nitrogens with one attached hydrogen (secondary N) is 4. The van der Waals surface area contributed by atoms with Crippen LogP contribution < -0.4 is 27.0 Å². The Balaban J connectivity index is 1.61. The Hall–Kier alpha value is -4.21. The molecule has 0 aliphatic carbocycles. The number of hydrogen-bond acceptors (Lipinski definition) is 5. The minimum absolute atomic E-state index is 0.0251. The number of benzene rings is 2. The molecule has 3 aromatic rings. The number of amides is 4. The highest BCUT2D eigenvalue weighted by atomic mass is 16.2. The summed E-state index contributed by atoms with van der Waals surface area (Å²) < 4.78 is 1.28. The summed E-state index contributed by atoms with van der Waals surface area (Å²) in [4.78, 5) is 49.6. The summed E-state index contributed by atoms with van der Waals surface area (Å²) in [5.41, 5.74) is 5.89. The van der Waals surface area contributed by atoms with E-state index in [1.807, 2.05) is 13.0 Å². The highest BCUT2D eigenvalue weighted by molar-refractivity contribution is 6.05. The smallest absolute Gasteiger partial charge is 0.319 e. The molecule has 4 amide bonds. The maximum Gasteiger partial charge on any atom is 0.319 e. The van der Waals surface area contributed by atoms with Crippen LogP contribution in [0.4, 0.5) is 10.5 Å². The van der Waals surface area contributed by atoms with Crippen molar-refractivity contribution >= 4 is 34.3 Å². The molecule has 0 aliphatic heterocycles. The maximum absolute atomic E-state index is 12.8. The number of rotatable bonds is 8. The Kier molecular flexibility index (Phi) is 8.33. The van der Waals surface area contributed by atoms with Crippen molar-refractivity contribution in [2.45, 2.75) is 39.7 Å². The quantitative estimate of drug-likeness (QED) is 0.300. The Labute approximate surface area is 196 Å². The lowest BCUT2D eigenvalue weighted by atomic mass is 10.1. The topological polar surface area (TPSA) is 134 Å². The molecular formula is C24H28N6O4. The predicted octanol–water partition coefficient (Wildman–Crippen LogP) is 2.48. The van der Waals surface area contributed by atoms with Crippen LogP contribution in [-0.2, 0) is 11.3 Å². The molecule has 0 saturated heterocycles. The van der Waals surface area contributed by atoms with Crippen LogP contribution in [-0.4, -0.2) is 34.2 Å². The first-order chi connectivity index (χ1) is 16.4. The third kappa shape index (κ3) is 6.41. The van der Waals surface area contributed by atoms with Gasteiger partial charge in [-0.2, -0.15) is 5.10 Å². The molecule has 0 aliphatic rings. The van der Waals surface area contributed by atoms with E-state index in [1.165, 1.54) is 4.68 Å². The monoisotopic (exact) mass is 464 g/mol. The molecule has 0 unspecified atom stereocenters. The first kappa shape index (κ1) is 24.4. The molecule has 178 valence electrons. The van der Waals surface area contributed by atoms with Crippen molar-refractivity contribution in [2.24, 2.45) is 0 Å². The fourth-order valence-corrected chi connectivity index (χ4v) is 3.35. The number of aromatic nitrogens is 2. The van der Waals surface area contributed by atoms with Crippen molar-refractivity contribution in [3.8, 4) is 0 Å². The predicted molar refractivity (Wildman–Crippen MR) is 129 cm³/mol. The number of unbranched alkanes of at least 4 members (excludes halogenated alkanes) is 2. The first-order valence-electron chi connectivity index (χ1n) is 11.1. The Morgan fingerprint density at radius 1 is 0.971 bits per heavy atom. The van der Waals surface area contributed by atoms with Gasteiger partial charge in [-0.3, -0.25) is 25.2 Å². The van der Waals surface area contributed by atoms with Gasteiger partial charge in [0.25, 0.3) is 17.4 Å². The van der Waals surface area contributed by atoms with Gasteiger partial charge in [0.15, 0.2) is 5.69 Å². The molecule has 10 heteroatoms. The molecule has 0 bridgehead atoms. The number of anilines is 1. The summed E-state index contributed by atoms with van der Waals surface area (Å²) in [5.74, 6) is -1.30. The summed E-state index contributed by atoms with van der Waals surface area (Å²) in [6.45, 7) is 3.99. The normalized spacial score (nSPS) is 10.5. The molecule has 2 aromatic carbocycles. The van der Waals surface area contributed by atoms with Crippen LogP contribution in [0.3, 0.4) is 0 Å². The van der Waals surface area contributed by atoms with Crippen molar-refractivity contribution in [1.29, 1.82) is 0 Å². The van der Waals surface area contributed by atoms with Crippen LogP contribution in [0.15, 0.2) is 53.3 Å². The zero-order valence-corrected chi connectivity index (χ0v) is 19.2. The van der Waals surface area contributed by atoms with Gasteiger partial charge in [-0.15, -0.1) is 0 Å². The van der Waals surface area contributed by atoms with E-state index in [1.54, 1.807) is 42.5 Å². The maximum atomic E-state index is 12.8. The molecular weight excluding hydrogens is 436 g/mol. The van der Waals surface area contributed by atoms with Gasteiger partial charge in [-0.05, 0) is 37.1 Å². The van der Waals surface area contributed by atoms with Crippen molar-refractivity contribution in [2.75, 3.05) is 11.9 Å². The average Bonchev–Trinajstić information content (AvgIpc) is 2.83. The van der Waals surface area contributed by atoms with Gasteiger partial charge in [0.2, 0.25) is 0 Å². The largest absolute Gasteiger partial charge is 0.329 e. The molecule has 0 radical (unpaired) electrons. The number of carbonyl (C=O) groups is 3. The van der Waals surface area contributed by atoms with Crippen LogP contribution in [0.2, 0.25) is 0 Å². The molecule has 0 fully saturated rings. The Morgan fingerprint density at radius 2 is 1.74 bits per heavy atom. The average molecular weight is 465 g/mol. The lowest BCUT2D eigenvalue weighted by molar-refractivity contribution is -0.120. The van der Waals surface area contributed by atoms with Crippen LogP contribution in [0.5, 0.6) is 0 Å². The van der Waals surface area contributed by atoms with Gasteiger partial charge in [0.05, 0.1) is 5.39 Å². The van der Waals surface area contributed by atoms with Crippen LogP contribution in [0, 0.1) is 6.92 Å².